The van der Waals surface area contributed by atoms with Gasteiger partial charge in [0.2, 0.25) is 0 Å². The minimum absolute atomic E-state index is 0.465. The summed E-state index contributed by atoms with van der Waals surface area (Å²) in [4.78, 5) is 17.4. The number of nitrogens with zero attached hydrogens (tertiary/aromatic N) is 3. The second-order valence-corrected chi connectivity index (χ2v) is 2.70. The summed E-state index contributed by atoms with van der Waals surface area (Å²) in [7, 11) is 0. The van der Waals surface area contributed by atoms with Crippen molar-refractivity contribution in [1.82, 2.24) is 9.97 Å². The number of pyridine rings is 2. The molecular weight excluding hydrogens is 202 g/mol. The topological polar surface area (TPSA) is 66.6 Å². The first-order chi connectivity index (χ1) is 7.86. The molecule has 4 nitrogen and oxygen atoms in total. The van der Waals surface area contributed by atoms with Crippen LogP contribution in [-0.2, 0) is 0 Å². The molecule has 0 spiro atoms. The van der Waals surface area contributed by atoms with Gasteiger partial charge in [-0.2, -0.15) is 5.26 Å². The van der Waals surface area contributed by atoms with E-state index in [0.29, 0.717) is 11.4 Å². The Morgan fingerprint density at radius 2 is 1.75 bits per heavy atom. The van der Waals surface area contributed by atoms with Crippen LogP contribution in [0.4, 0.5) is 0 Å². The molecule has 0 saturated carbocycles. The van der Waals surface area contributed by atoms with Gasteiger partial charge in [0.1, 0.15) is 17.5 Å². The van der Waals surface area contributed by atoms with Gasteiger partial charge in [-0.1, -0.05) is 12.1 Å². The van der Waals surface area contributed by atoms with Gasteiger partial charge in [0.25, 0.3) is 0 Å². The largest absolute Gasteiger partial charge is 0.296 e. The zero-order chi connectivity index (χ0) is 11.6. The number of aromatic nitrogens is 2. The third-order valence-electron chi connectivity index (χ3n) is 1.59. The van der Waals surface area contributed by atoms with Crippen molar-refractivity contribution in [3.05, 3.63) is 60.2 Å². The third-order valence-corrected chi connectivity index (χ3v) is 1.59. The van der Waals surface area contributed by atoms with Crippen molar-refractivity contribution in [3.8, 4) is 6.07 Å². The molecule has 0 saturated heterocycles. The smallest absolute Gasteiger partial charge is 0.168 e. The number of carbonyl (C=O) groups excluding carboxylic acids is 1. The molecule has 0 aromatic carbocycles. The molecule has 2 rings (SSSR count). The first kappa shape index (κ1) is 11.5. The van der Waals surface area contributed by atoms with Gasteiger partial charge in [0, 0.05) is 12.4 Å². The summed E-state index contributed by atoms with van der Waals surface area (Å²) >= 11 is 0. The minimum atomic E-state index is 0.465. The van der Waals surface area contributed by atoms with Crippen LogP contribution in [0.15, 0.2) is 48.8 Å². The Balaban J connectivity index is 0.000000160. The van der Waals surface area contributed by atoms with Gasteiger partial charge in [-0.05, 0) is 24.3 Å². The quantitative estimate of drug-likeness (QED) is 0.675. The first-order valence-corrected chi connectivity index (χ1v) is 4.54. The molecule has 0 atom stereocenters. The Kier molecular flexibility index (Phi) is 4.94. The van der Waals surface area contributed by atoms with Crippen LogP contribution in [0.3, 0.4) is 0 Å². The highest BCUT2D eigenvalue weighted by atomic mass is 16.1. The molecule has 0 aliphatic heterocycles. The Morgan fingerprint density at radius 3 is 2.06 bits per heavy atom. The molecule has 2 heterocycles. The normalized spacial score (nSPS) is 8.19. The van der Waals surface area contributed by atoms with E-state index in [-0.39, 0.29) is 0 Å². The van der Waals surface area contributed by atoms with E-state index in [4.69, 9.17) is 5.26 Å². The van der Waals surface area contributed by atoms with E-state index < -0.39 is 0 Å². The van der Waals surface area contributed by atoms with Crippen LogP contribution >= 0.6 is 0 Å². The van der Waals surface area contributed by atoms with Crippen LogP contribution in [0, 0.1) is 11.3 Å². The number of rotatable bonds is 1. The molecule has 0 aliphatic rings. The number of carbonyl (C=O) groups is 1. The average Bonchev–Trinajstić information content (AvgIpc) is 2.41. The summed E-state index contributed by atoms with van der Waals surface area (Å²) in [5.41, 5.74) is 0.944. The van der Waals surface area contributed by atoms with Gasteiger partial charge < -0.3 is 0 Å². The van der Waals surface area contributed by atoms with Crippen LogP contribution in [0.2, 0.25) is 0 Å². The van der Waals surface area contributed by atoms with Gasteiger partial charge in [-0.15, -0.1) is 0 Å². The number of aldehydes is 1. The zero-order valence-electron chi connectivity index (χ0n) is 8.45. The SMILES string of the molecule is N#Cc1ccccn1.O=Cc1ccccn1. The summed E-state index contributed by atoms with van der Waals surface area (Å²) in [5.74, 6) is 0. The Hall–Kier alpha value is -2.54. The molecule has 0 amide bonds. The monoisotopic (exact) mass is 211 g/mol. The summed E-state index contributed by atoms with van der Waals surface area (Å²) in [6.07, 6.45) is 3.91. The fourth-order valence-electron chi connectivity index (χ4n) is 0.875. The van der Waals surface area contributed by atoms with Gasteiger partial charge in [-0.25, -0.2) is 4.98 Å². The van der Waals surface area contributed by atoms with Gasteiger partial charge in [0.15, 0.2) is 6.29 Å². The van der Waals surface area contributed by atoms with E-state index >= 15 is 0 Å². The van der Waals surface area contributed by atoms with Crippen LogP contribution in [0.25, 0.3) is 0 Å². The van der Waals surface area contributed by atoms with Gasteiger partial charge in [0.05, 0.1) is 0 Å². The highest BCUT2D eigenvalue weighted by Gasteiger charge is 1.82. The van der Waals surface area contributed by atoms with Crippen LogP contribution in [0.1, 0.15) is 16.2 Å². The summed E-state index contributed by atoms with van der Waals surface area (Å²) in [6.45, 7) is 0. The fourth-order valence-corrected chi connectivity index (χ4v) is 0.875. The molecule has 0 radical (unpaired) electrons. The summed E-state index contributed by atoms with van der Waals surface area (Å²) < 4.78 is 0. The fraction of sp³-hybridized carbons (Fsp3) is 0. The standard InChI is InChI=1S/C6H4N2.C6H5NO/c7-5-6-3-1-2-4-8-6;8-5-6-3-1-2-4-7-6/h1-4H;1-5H. The molecule has 0 unspecified atom stereocenters. The summed E-state index contributed by atoms with van der Waals surface area (Å²) in [6, 6.07) is 12.3. The molecule has 0 fully saturated rings. The van der Waals surface area contributed by atoms with Gasteiger partial charge in [-0.3, -0.25) is 9.78 Å². The average molecular weight is 211 g/mol. The van der Waals surface area contributed by atoms with E-state index in [2.05, 4.69) is 9.97 Å². The predicted molar refractivity (Wildman–Crippen MR) is 58.6 cm³/mol. The van der Waals surface area contributed by atoms with Crippen molar-refractivity contribution in [2.45, 2.75) is 0 Å². The third kappa shape index (κ3) is 4.11. The molecule has 0 aliphatic carbocycles. The molecule has 78 valence electrons. The Labute approximate surface area is 93.2 Å². The van der Waals surface area contributed by atoms with E-state index in [9.17, 15) is 4.79 Å². The lowest BCUT2D eigenvalue weighted by Gasteiger charge is -1.81. The van der Waals surface area contributed by atoms with Crippen LogP contribution < -0.4 is 0 Å². The van der Waals surface area contributed by atoms with E-state index in [1.165, 1.54) is 0 Å². The molecule has 16 heavy (non-hydrogen) atoms. The van der Waals surface area contributed by atoms with Crippen molar-refractivity contribution in [3.63, 3.8) is 0 Å². The number of nitriles is 1. The van der Waals surface area contributed by atoms with Crippen molar-refractivity contribution >= 4 is 6.29 Å². The lowest BCUT2D eigenvalue weighted by molar-refractivity contribution is 0.111. The molecule has 0 N–H and O–H groups in total. The minimum Gasteiger partial charge on any atom is -0.296 e. The molecule has 2 aromatic rings. The van der Waals surface area contributed by atoms with E-state index in [0.717, 1.165) is 6.29 Å². The van der Waals surface area contributed by atoms with Crippen molar-refractivity contribution in [2.75, 3.05) is 0 Å². The Morgan fingerprint density at radius 1 is 1.06 bits per heavy atom. The molecule has 4 heteroatoms. The maximum atomic E-state index is 9.94. The predicted octanol–water partition coefficient (Wildman–Crippen LogP) is 1.85. The van der Waals surface area contributed by atoms with Crippen molar-refractivity contribution < 1.29 is 4.79 Å². The number of hydrogen-bond acceptors (Lipinski definition) is 4. The Bertz CT molecular complexity index is 463. The maximum absolute atomic E-state index is 9.94. The van der Waals surface area contributed by atoms with Crippen LogP contribution in [0.5, 0.6) is 0 Å². The second-order valence-electron chi connectivity index (χ2n) is 2.70. The lowest BCUT2D eigenvalue weighted by Crippen LogP contribution is -1.80. The lowest BCUT2D eigenvalue weighted by atomic mass is 10.4. The first-order valence-electron chi connectivity index (χ1n) is 4.54. The second kappa shape index (κ2) is 6.85. The molecule has 2 aromatic heterocycles. The van der Waals surface area contributed by atoms with Crippen molar-refractivity contribution in [2.24, 2.45) is 0 Å². The summed E-state index contributed by atoms with van der Waals surface area (Å²) in [5, 5.41) is 8.23. The van der Waals surface area contributed by atoms with E-state index in [1.807, 2.05) is 6.07 Å². The van der Waals surface area contributed by atoms with Crippen LogP contribution in [-0.4, -0.2) is 16.3 Å². The van der Waals surface area contributed by atoms with Gasteiger partial charge >= 0.3 is 0 Å². The number of hydrogen-bond donors (Lipinski definition) is 0. The van der Waals surface area contributed by atoms with E-state index in [1.54, 1.807) is 48.8 Å². The molecular formula is C12H9N3O. The maximum Gasteiger partial charge on any atom is 0.168 e. The highest BCUT2D eigenvalue weighted by molar-refractivity contribution is 5.71. The zero-order valence-corrected chi connectivity index (χ0v) is 8.45. The molecule has 0 bridgehead atoms. The highest BCUT2D eigenvalue weighted by Crippen LogP contribution is 1.87. The van der Waals surface area contributed by atoms with Crippen molar-refractivity contribution in [1.29, 1.82) is 5.26 Å².